The third kappa shape index (κ3) is 2.48. The second-order valence-corrected chi connectivity index (χ2v) is 5.96. The van der Waals surface area contributed by atoms with E-state index in [1.807, 2.05) is 28.6 Å². The van der Waals surface area contributed by atoms with Crippen molar-refractivity contribution in [2.24, 2.45) is 7.05 Å². The Labute approximate surface area is 133 Å². The van der Waals surface area contributed by atoms with Crippen LogP contribution in [0.25, 0.3) is 5.78 Å². The van der Waals surface area contributed by atoms with E-state index in [9.17, 15) is 4.79 Å². The number of rotatable bonds is 2. The van der Waals surface area contributed by atoms with Gasteiger partial charge in [0.15, 0.2) is 0 Å². The number of carbonyl (C=O) groups is 1. The Kier molecular flexibility index (Phi) is 3.33. The zero-order valence-electron chi connectivity index (χ0n) is 13.0. The van der Waals surface area contributed by atoms with Crippen molar-refractivity contribution in [1.82, 2.24) is 29.0 Å². The van der Waals surface area contributed by atoms with Crippen LogP contribution in [0.4, 0.5) is 0 Å². The second kappa shape index (κ2) is 5.49. The molecule has 4 heterocycles. The molecule has 0 bridgehead atoms. The van der Waals surface area contributed by atoms with Crippen molar-refractivity contribution < 1.29 is 4.79 Å². The monoisotopic (exact) mass is 310 g/mol. The summed E-state index contributed by atoms with van der Waals surface area (Å²) in [6, 6.07) is 2.03. The number of aromatic nitrogens is 5. The van der Waals surface area contributed by atoms with Crippen LogP contribution in [0, 0.1) is 0 Å². The van der Waals surface area contributed by atoms with Gasteiger partial charge in [-0.1, -0.05) is 0 Å². The Morgan fingerprint density at radius 1 is 1.30 bits per heavy atom. The molecule has 1 saturated heterocycles. The third-order valence-electron chi connectivity index (χ3n) is 4.41. The topological polar surface area (TPSA) is 68.3 Å². The number of amides is 1. The third-order valence-corrected chi connectivity index (χ3v) is 4.41. The minimum Gasteiger partial charge on any atom is -0.338 e. The molecular formula is C16H18N6O. The molecule has 23 heavy (non-hydrogen) atoms. The molecule has 1 atom stereocenters. The quantitative estimate of drug-likeness (QED) is 0.719. The molecule has 1 aliphatic heterocycles. The number of nitrogens with zero attached hydrogens (tertiary/aromatic N) is 6. The zero-order chi connectivity index (χ0) is 15.8. The van der Waals surface area contributed by atoms with Crippen LogP contribution in [-0.2, 0) is 7.05 Å². The summed E-state index contributed by atoms with van der Waals surface area (Å²) in [5.74, 6) is 1.06. The van der Waals surface area contributed by atoms with Crippen molar-refractivity contribution >= 4 is 11.7 Å². The zero-order valence-corrected chi connectivity index (χ0v) is 13.0. The fourth-order valence-electron chi connectivity index (χ4n) is 3.30. The SMILES string of the molecule is Cn1cc(C(=O)N2CCC[C@H](c3ccnc4nccn34)C2)cn1. The van der Waals surface area contributed by atoms with Crippen molar-refractivity contribution in [2.75, 3.05) is 13.1 Å². The van der Waals surface area contributed by atoms with Crippen molar-refractivity contribution in [1.29, 1.82) is 0 Å². The molecular weight excluding hydrogens is 292 g/mol. The van der Waals surface area contributed by atoms with Crippen molar-refractivity contribution in [3.8, 4) is 0 Å². The van der Waals surface area contributed by atoms with Crippen LogP contribution in [0.3, 0.4) is 0 Å². The molecule has 0 unspecified atom stereocenters. The Bertz CT molecular complexity index is 851. The number of likely N-dealkylation sites (tertiary alicyclic amines) is 1. The van der Waals surface area contributed by atoms with Gasteiger partial charge in [0, 0.05) is 56.5 Å². The lowest BCUT2D eigenvalue weighted by molar-refractivity contribution is 0.0705. The average molecular weight is 310 g/mol. The van der Waals surface area contributed by atoms with Gasteiger partial charge >= 0.3 is 0 Å². The molecule has 7 nitrogen and oxygen atoms in total. The van der Waals surface area contributed by atoms with Gasteiger partial charge in [0.25, 0.3) is 5.91 Å². The van der Waals surface area contributed by atoms with Crippen LogP contribution in [0.15, 0.2) is 37.1 Å². The highest BCUT2D eigenvalue weighted by atomic mass is 16.2. The minimum atomic E-state index is 0.0544. The van der Waals surface area contributed by atoms with Gasteiger partial charge in [-0.2, -0.15) is 5.10 Å². The first-order valence-electron chi connectivity index (χ1n) is 7.78. The maximum Gasteiger partial charge on any atom is 0.257 e. The molecule has 0 N–H and O–H groups in total. The van der Waals surface area contributed by atoms with Crippen LogP contribution in [0.2, 0.25) is 0 Å². The number of aryl methyl sites for hydroxylation is 1. The first-order chi connectivity index (χ1) is 11.2. The molecule has 0 aromatic carbocycles. The summed E-state index contributed by atoms with van der Waals surface area (Å²) in [4.78, 5) is 23.1. The van der Waals surface area contributed by atoms with Crippen LogP contribution in [0.1, 0.15) is 34.8 Å². The molecule has 118 valence electrons. The first-order valence-corrected chi connectivity index (χ1v) is 7.78. The van der Waals surface area contributed by atoms with Crippen molar-refractivity contribution in [3.05, 3.63) is 48.3 Å². The van der Waals surface area contributed by atoms with Crippen LogP contribution < -0.4 is 0 Å². The molecule has 0 aliphatic carbocycles. The number of imidazole rings is 1. The van der Waals surface area contributed by atoms with E-state index in [2.05, 4.69) is 15.1 Å². The predicted octanol–water partition coefficient (Wildman–Crippen LogP) is 1.48. The summed E-state index contributed by atoms with van der Waals surface area (Å²) in [6.45, 7) is 1.51. The number of carbonyl (C=O) groups excluding carboxylic acids is 1. The molecule has 0 radical (unpaired) electrons. The van der Waals surface area contributed by atoms with Gasteiger partial charge in [0.05, 0.1) is 11.8 Å². The number of hydrogen-bond donors (Lipinski definition) is 0. The van der Waals surface area contributed by atoms with Gasteiger partial charge in [-0.25, -0.2) is 9.97 Å². The van der Waals surface area contributed by atoms with E-state index in [1.165, 1.54) is 0 Å². The fourth-order valence-corrected chi connectivity index (χ4v) is 3.30. The van der Waals surface area contributed by atoms with Gasteiger partial charge in [-0.3, -0.25) is 13.9 Å². The van der Waals surface area contributed by atoms with Gasteiger partial charge in [-0.05, 0) is 18.9 Å². The Morgan fingerprint density at radius 3 is 3.00 bits per heavy atom. The lowest BCUT2D eigenvalue weighted by Crippen LogP contribution is -2.39. The number of hydrogen-bond acceptors (Lipinski definition) is 4. The van der Waals surface area contributed by atoms with E-state index in [0.717, 1.165) is 25.1 Å². The van der Waals surface area contributed by atoms with E-state index < -0.39 is 0 Å². The standard InChI is InChI=1S/C16H18N6O/c1-20-10-13(9-19-20)15(23)21-7-2-3-12(11-21)14-4-5-17-16-18-6-8-22(14)16/h4-6,8-10,12H,2-3,7,11H2,1H3/t12-/m0/s1. The van der Waals surface area contributed by atoms with E-state index in [1.54, 1.807) is 29.5 Å². The molecule has 3 aromatic heterocycles. The summed E-state index contributed by atoms with van der Waals surface area (Å²) in [5.41, 5.74) is 1.81. The lowest BCUT2D eigenvalue weighted by Gasteiger charge is -2.33. The Balaban J connectivity index is 1.60. The highest BCUT2D eigenvalue weighted by Gasteiger charge is 2.27. The number of piperidine rings is 1. The summed E-state index contributed by atoms with van der Waals surface area (Å²) >= 11 is 0. The van der Waals surface area contributed by atoms with Crippen molar-refractivity contribution in [2.45, 2.75) is 18.8 Å². The molecule has 4 rings (SSSR count). The highest BCUT2D eigenvalue weighted by molar-refractivity contribution is 5.93. The molecule has 0 spiro atoms. The Hall–Kier alpha value is -2.70. The van der Waals surface area contributed by atoms with E-state index in [4.69, 9.17) is 0 Å². The first kappa shape index (κ1) is 13.9. The van der Waals surface area contributed by atoms with E-state index >= 15 is 0 Å². The maximum atomic E-state index is 12.6. The highest BCUT2D eigenvalue weighted by Crippen LogP contribution is 2.27. The Morgan fingerprint density at radius 2 is 2.17 bits per heavy atom. The van der Waals surface area contributed by atoms with Gasteiger partial charge in [-0.15, -0.1) is 0 Å². The predicted molar refractivity (Wildman–Crippen MR) is 84.1 cm³/mol. The van der Waals surface area contributed by atoms with Crippen LogP contribution >= 0.6 is 0 Å². The van der Waals surface area contributed by atoms with Crippen LogP contribution in [-0.4, -0.2) is 48.0 Å². The van der Waals surface area contributed by atoms with E-state index in [-0.39, 0.29) is 5.91 Å². The molecule has 1 amide bonds. The summed E-state index contributed by atoms with van der Waals surface area (Å²) < 4.78 is 3.68. The normalized spacial score (nSPS) is 18.5. The maximum absolute atomic E-state index is 12.6. The van der Waals surface area contributed by atoms with Crippen molar-refractivity contribution in [3.63, 3.8) is 0 Å². The average Bonchev–Trinajstić information content (AvgIpc) is 3.22. The summed E-state index contributed by atoms with van der Waals surface area (Å²) in [7, 11) is 1.82. The van der Waals surface area contributed by atoms with Gasteiger partial charge < -0.3 is 4.90 Å². The van der Waals surface area contributed by atoms with Gasteiger partial charge in [0.2, 0.25) is 5.78 Å². The minimum absolute atomic E-state index is 0.0544. The van der Waals surface area contributed by atoms with E-state index in [0.29, 0.717) is 23.8 Å². The molecule has 1 aliphatic rings. The smallest absolute Gasteiger partial charge is 0.257 e. The largest absolute Gasteiger partial charge is 0.338 e. The number of fused-ring (bicyclic) bond motifs is 1. The van der Waals surface area contributed by atoms with Crippen LogP contribution in [0.5, 0.6) is 0 Å². The second-order valence-electron chi connectivity index (χ2n) is 5.96. The summed E-state index contributed by atoms with van der Waals surface area (Å²) in [6.07, 6.45) is 10.9. The molecule has 7 heteroatoms. The van der Waals surface area contributed by atoms with Gasteiger partial charge in [0.1, 0.15) is 0 Å². The summed E-state index contributed by atoms with van der Waals surface area (Å²) in [5, 5.41) is 4.09. The molecule has 3 aromatic rings. The lowest BCUT2D eigenvalue weighted by atomic mass is 9.94. The molecule has 1 fully saturated rings. The fraction of sp³-hybridized carbons (Fsp3) is 0.375. The molecule has 0 saturated carbocycles.